The maximum atomic E-state index is 13.0. The fraction of sp³-hybridized carbons (Fsp3) is 0.562. The van der Waals surface area contributed by atoms with Gasteiger partial charge in [0.05, 0.1) is 4.90 Å². The molecule has 6 nitrogen and oxygen atoms in total. The lowest BCUT2D eigenvalue weighted by molar-refractivity contribution is 0.0945. The Morgan fingerprint density at radius 1 is 1.39 bits per heavy atom. The average Bonchev–Trinajstić information content (AvgIpc) is 2.54. The van der Waals surface area contributed by atoms with Crippen molar-refractivity contribution in [1.29, 1.82) is 0 Å². The minimum atomic E-state index is -3.64. The van der Waals surface area contributed by atoms with E-state index in [9.17, 15) is 13.2 Å². The number of hydrogen-bond donors (Lipinski definition) is 2. The number of rotatable bonds is 3. The van der Waals surface area contributed by atoms with Crippen molar-refractivity contribution in [2.45, 2.75) is 37.1 Å². The lowest BCUT2D eigenvalue weighted by atomic mass is 9.93. The lowest BCUT2D eigenvalue weighted by Gasteiger charge is -2.38. The molecule has 2 atom stereocenters. The second-order valence-corrected chi connectivity index (χ2v) is 8.25. The van der Waals surface area contributed by atoms with Gasteiger partial charge in [-0.15, -0.1) is 0 Å². The number of nitrogens with zero attached hydrogens (tertiary/aromatic N) is 1. The van der Waals surface area contributed by atoms with E-state index in [2.05, 4.69) is 5.32 Å². The molecule has 0 radical (unpaired) electrons. The van der Waals surface area contributed by atoms with E-state index in [0.717, 1.165) is 24.8 Å². The number of benzene rings is 1. The van der Waals surface area contributed by atoms with Crippen molar-refractivity contribution in [3.8, 4) is 0 Å². The fourth-order valence-electron chi connectivity index (χ4n) is 3.55. The SMILES string of the molecule is C[C@H]1CCCN(S(=O)(=O)c2ccc3c(c2)C(=O)NCC3)[C@H]1CN. The van der Waals surface area contributed by atoms with Gasteiger partial charge in [-0.2, -0.15) is 4.31 Å². The summed E-state index contributed by atoms with van der Waals surface area (Å²) in [7, 11) is -3.64. The second-order valence-electron chi connectivity index (χ2n) is 6.36. The minimum absolute atomic E-state index is 0.181. The molecule has 0 aromatic heterocycles. The predicted octanol–water partition coefficient (Wildman–Crippen LogP) is 0.720. The van der Waals surface area contributed by atoms with E-state index in [1.54, 1.807) is 12.1 Å². The van der Waals surface area contributed by atoms with Crippen LogP contribution in [0.1, 0.15) is 35.7 Å². The van der Waals surface area contributed by atoms with Crippen LogP contribution in [-0.2, 0) is 16.4 Å². The molecule has 3 N–H and O–H groups in total. The van der Waals surface area contributed by atoms with Crippen LogP contribution in [0.4, 0.5) is 0 Å². The summed E-state index contributed by atoms with van der Waals surface area (Å²) in [4.78, 5) is 12.2. The molecule has 0 saturated carbocycles. The van der Waals surface area contributed by atoms with Crippen LogP contribution in [0.15, 0.2) is 23.1 Å². The third-order valence-corrected chi connectivity index (χ3v) is 6.84. The smallest absolute Gasteiger partial charge is 0.251 e. The highest BCUT2D eigenvalue weighted by Gasteiger charge is 2.36. The van der Waals surface area contributed by atoms with Crippen LogP contribution in [0.2, 0.25) is 0 Å². The first kappa shape index (κ1) is 16.4. The molecular weight excluding hydrogens is 314 g/mol. The molecule has 126 valence electrons. The molecule has 23 heavy (non-hydrogen) atoms. The van der Waals surface area contributed by atoms with Crippen molar-refractivity contribution in [2.24, 2.45) is 11.7 Å². The number of nitrogens with one attached hydrogen (secondary N) is 1. The summed E-state index contributed by atoms with van der Waals surface area (Å²) < 4.78 is 27.6. The van der Waals surface area contributed by atoms with E-state index in [1.165, 1.54) is 10.4 Å². The van der Waals surface area contributed by atoms with Crippen LogP contribution in [0.25, 0.3) is 0 Å². The fourth-order valence-corrected chi connectivity index (χ4v) is 5.34. The quantitative estimate of drug-likeness (QED) is 0.850. The molecule has 1 amide bonds. The molecule has 1 aromatic rings. The maximum Gasteiger partial charge on any atom is 0.251 e. The van der Waals surface area contributed by atoms with Gasteiger partial charge in [0.2, 0.25) is 10.0 Å². The highest BCUT2D eigenvalue weighted by atomic mass is 32.2. The van der Waals surface area contributed by atoms with Gasteiger partial charge in [-0.05, 0) is 42.9 Å². The number of carbonyl (C=O) groups is 1. The monoisotopic (exact) mass is 337 g/mol. The summed E-state index contributed by atoms with van der Waals surface area (Å²) in [5, 5.41) is 2.76. The molecule has 1 fully saturated rings. The number of piperidine rings is 1. The number of nitrogens with two attached hydrogens (primary N) is 1. The van der Waals surface area contributed by atoms with Crippen molar-refractivity contribution in [1.82, 2.24) is 9.62 Å². The molecule has 7 heteroatoms. The van der Waals surface area contributed by atoms with E-state index in [1.807, 2.05) is 6.92 Å². The zero-order valence-corrected chi connectivity index (χ0v) is 14.1. The third kappa shape index (κ3) is 2.88. The molecule has 2 heterocycles. The lowest BCUT2D eigenvalue weighted by Crippen LogP contribution is -2.51. The van der Waals surface area contributed by atoms with Crippen LogP contribution in [0.5, 0.6) is 0 Å². The molecule has 0 spiro atoms. The largest absolute Gasteiger partial charge is 0.352 e. The van der Waals surface area contributed by atoms with Gasteiger partial charge in [0.25, 0.3) is 5.91 Å². The van der Waals surface area contributed by atoms with Crippen LogP contribution in [-0.4, -0.2) is 44.3 Å². The van der Waals surface area contributed by atoms with Crippen molar-refractivity contribution in [3.05, 3.63) is 29.3 Å². The molecule has 3 rings (SSSR count). The van der Waals surface area contributed by atoms with E-state index >= 15 is 0 Å². The van der Waals surface area contributed by atoms with Gasteiger partial charge < -0.3 is 11.1 Å². The Kier molecular flexibility index (Phi) is 4.44. The van der Waals surface area contributed by atoms with Crippen molar-refractivity contribution in [2.75, 3.05) is 19.6 Å². The predicted molar refractivity (Wildman–Crippen MR) is 87.6 cm³/mol. The second kappa shape index (κ2) is 6.22. The van der Waals surface area contributed by atoms with Crippen molar-refractivity contribution < 1.29 is 13.2 Å². The Bertz CT molecular complexity index is 717. The molecule has 1 saturated heterocycles. The topological polar surface area (TPSA) is 92.5 Å². The Hall–Kier alpha value is -1.44. The minimum Gasteiger partial charge on any atom is -0.352 e. The van der Waals surface area contributed by atoms with Gasteiger partial charge in [-0.3, -0.25) is 4.79 Å². The molecule has 2 aliphatic heterocycles. The average molecular weight is 337 g/mol. The van der Waals surface area contributed by atoms with Crippen LogP contribution in [0.3, 0.4) is 0 Å². The number of amides is 1. The first-order valence-corrected chi connectivity index (χ1v) is 9.52. The van der Waals surface area contributed by atoms with Gasteiger partial charge in [0.1, 0.15) is 0 Å². The van der Waals surface area contributed by atoms with Gasteiger partial charge in [0.15, 0.2) is 0 Å². The Labute approximate surface area is 137 Å². The van der Waals surface area contributed by atoms with Gasteiger partial charge in [-0.25, -0.2) is 8.42 Å². The summed E-state index contributed by atoms with van der Waals surface area (Å²) in [5.74, 6) is 0.0372. The number of hydrogen-bond acceptors (Lipinski definition) is 4. The first-order valence-electron chi connectivity index (χ1n) is 8.08. The summed E-state index contributed by atoms with van der Waals surface area (Å²) >= 11 is 0. The standard InChI is InChI=1S/C16H23N3O3S/c1-11-3-2-8-19(15(11)10-17)23(21,22)13-5-4-12-6-7-18-16(20)14(12)9-13/h4-5,9,11,15H,2-3,6-8,10,17H2,1H3,(H,18,20)/t11-,15-/m0/s1. The zero-order chi connectivity index (χ0) is 16.6. The highest BCUT2D eigenvalue weighted by molar-refractivity contribution is 7.89. The maximum absolute atomic E-state index is 13.0. The Balaban J connectivity index is 1.99. The van der Waals surface area contributed by atoms with Gasteiger partial charge in [0, 0.05) is 31.2 Å². The van der Waals surface area contributed by atoms with Crippen LogP contribution >= 0.6 is 0 Å². The number of fused-ring (bicyclic) bond motifs is 1. The molecular formula is C16H23N3O3S. The molecule has 0 unspecified atom stereocenters. The van der Waals surface area contributed by atoms with E-state index < -0.39 is 10.0 Å². The van der Waals surface area contributed by atoms with E-state index in [4.69, 9.17) is 5.73 Å². The van der Waals surface area contributed by atoms with Crippen molar-refractivity contribution in [3.63, 3.8) is 0 Å². The van der Waals surface area contributed by atoms with Crippen LogP contribution < -0.4 is 11.1 Å². The molecule has 0 bridgehead atoms. The van der Waals surface area contributed by atoms with Crippen LogP contribution in [0, 0.1) is 5.92 Å². The Morgan fingerprint density at radius 3 is 2.91 bits per heavy atom. The Morgan fingerprint density at radius 2 is 2.17 bits per heavy atom. The normalized spacial score (nSPS) is 25.7. The first-order chi connectivity index (χ1) is 10.9. The zero-order valence-electron chi connectivity index (χ0n) is 13.3. The summed E-state index contributed by atoms with van der Waals surface area (Å²) in [5.41, 5.74) is 7.18. The highest BCUT2D eigenvalue weighted by Crippen LogP contribution is 2.29. The van der Waals surface area contributed by atoms with Crippen molar-refractivity contribution >= 4 is 15.9 Å². The summed E-state index contributed by atoms with van der Waals surface area (Å²) in [6.07, 6.45) is 2.55. The summed E-state index contributed by atoms with van der Waals surface area (Å²) in [6, 6.07) is 4.69. The summed E-state index contributed by atoms with van der Waals surface area (Å²) in [6.45, 7) is 3.43. The molecule has 0 aliphatic carbocycles. The molecule has 2 aliphatic rings. The number of carbonyl (C=O) groups excluding carboxylic acids is 1. The third-order valence-electron chi connectivity index (χ3n) is 4.92. The molecule has 1 aromatic carbocycles. The number of sulfonamides is 1. The van der Waals surface area contributed by atoms with E-state index in [0.29, 0.717) is 25.2 Å². The van der Waals surface area contributed by atoms with Gasteiger partial charge >= 0.3 is 0 Å². The van der Waals surface area contributed by atoms with E-state index in [-0.39, 0.29) is 22.8 Å². The van der Waals surface area contributed by atoms with Gasteiger partial charge in [-0.1, -0.05) is 13.0 Å².